The summed E-state index contributed by atoms with van der Waals surface area (Å²) >= 11 is 24.4. The molecule has 0 bridgehead atoms. The zero-order chi connectivity index (χ0) is 30.7. The van der Waals surface area contributed by atoms with Crippen molar-refractivity contribution in [3.8, 4) is 29.1 Å². The minimum Gasteiger partial charge on any atom is -0.490 e. The molecule has 1 aliphatic heterocycles. The minimum atomic E-state index is -0.674. The molecule has 4 aromatic carbocycles. The molecule has 0 spiro atoms. The predicted molar refractivity (Wildman–Crippen MR) is 166 cm³/mol. The zero-order valence-electron chi connectivity index (χ0n) is 22.5. The number of hydrogen-bond donors (Lipinski definition) is 1. The number of carbonyl (C=O) groups excluding carboxylic acids is 1. The Morgan fingerprint density at radius 1 is 0.907 bits per heavy atom. The summed E-state index contributed by atoms with van der Waals surface area (Å²) in [6.45, 7) is 2.42. The van der Waals surface area contributed by atoms with Crippen LogP contribution >= 0.6 is 46.4 Å². The van der Waals surface area contributed by atoms with Gasteiger partial charge in [-0.1, -0.05) is 64.6 Å². The van der Waals surface area contributed by atoms with Gasteiger partial charge in [-0.15, -0.1) is 0 Å². The van der Waals surface area contributed by atoms with Crippen LogP contribution in [0.4, 0.5) is 0 Å². The van der Waals surface area contributed by atoms with Crippen LogP contribution in [0.25, 0.3) is 0 Å². The van der Waals surface area contributed by atoms with E-state index in [0.29, 0.717) is 50.1 Å². The largest absolute Gasteiger partial charge is 0.490 e. The Morgan fingerprint density at radius 2 is 1.65 bits per heavy atom. The summed E-state index contributed by atoms with van der Waals surface area (Å²) in [6, 6.07) is 22.0. The van der Waals surface area contributed by atoms with E-state index in [-0.39, 0.29) is 34.4 Å². The molecule has 5 rings (SSSR count). The first-order valence-electron chi connectivity index (χ1n) is 12.9. The Labute approximate surface area is 267 Å². The topological polar surface area (TPSA) is 104 Å². The molecule has 0 aliphatic carbocycles. The van der Waals surface area contributed by atoms with Crippen molar-refractivity contribution in [3.05, 3.63) is 127 Å². The summed E-state index contributed by atoms with van der Waals surface area (Å²) in [5.41, 5.74) is 8.67. The summed E-state index contributed by atoms with van der Waals surface area (Å²) in [4.78, 5) is 12.8. The molecule has 1 unspecified atom stereocenters. The average molecular weight is 656 g/mol. The Kier molecular flexibility index (Phi) is 9.24. The first-order valence-corrected chi connectivity index (χ1v) is 14.4. The van der Waals surface area contributed by atoms with Gasteiger partial charge in [-0.2, -0.15) is 5.26 Å². The summed E-state index contributed by atoms with van der Waals surface area (Å²) in [6.07, 6.45) is 0. The fraction of sp³-hybridized carbons (Fsp3) is 0.125. The van der Waals surface area contributed by atoms with Crippen LogP contribution in [-0.2, 0) is 6.61 Å². The third-order valence-electron chi connectivity index (χ3n) is 6.55. The van der Waals surface area contributed by atoms with E-state index in [4.69, 9.17) is 71.1 Å². The third kappa shape index (κ3) is 6.64. The lowest BCUT2D eigenvalue weighted by molar-refractivity contribution is 0.0734. The second kappa shape index (κ2) is 13.1. The molecule has 7 nitrogen and oxygen atoms in total. The number of esters is 1. The minimum absolute atomic E-state index is 0.0695. The van der Waals surface area contributed by atoms with Gasteiger partial charge in [-0.3, -0.25) is 0 Å². The normalized spacial score (nSPS) is 13.9. The van der Waals surface area contributed by atoms with Gasteiger partial charge in [0.25, 0.3) is 0 Å². The van der Waals surface area contributed by atoms with Crippen LogP contribution in [-0.4, -0.2) is 12.6 Å². The molecule has 11 heteroatoms. The molecule has 218 valence electrons. The Bertz CT molecular complexity index is 1800. The summed E-state index contributed by atoms with van der Waals surface area (Å²) < 4.78 is 23.3. The van der Waals surface area contributed by atoms with Gasteiger partial charge in [0.1, 0.15) is 29.7 Å². The monoisotopic (exact) mass is 654 g/mol. The Balaban J connectivity index is 1.45. The lowest BCUT2D eigenvalue weighted by Gasteiger charge is -2.27. The van der Waals surface area contributed by atoms with Crippen molar-refractivity contribution in [1.82, 2.24) is 0 Å². The molecule has 0 saturated heterocycles. The van der Waals surface area contributed by atoms with Crippen molar-refractivity contribution in [2.75, 3.05) is 6.61 Å². The highest BCUT2D eigenvalue weighted by Gasteiger charge is 2.32. The highest BCUT2D eigenvalue weighted by Crippen LogP contribution is 2.45. The molecule has 0 aromatic heterocycles. The summed E-state index contributed by atoms with van der Waals surface area (Å²) in [7, 11) is 0. The van der Waals surface area contributed by atoms with Crippen molar-refractivity contribution < 1.29 is 23.7 Å². The van der Waals surface area contributed by atoms with Crippen molar-refractivity contribution in [3.63, 3.8) is 0 Å². The van der Waals surface area contributed by atoms with Crippen LogP contribution < -0.4 is 24.7 Å². The lowest BCUT2D eigenvalue weighted by Crippen LogP contribution is -2.21. The number of nitrogens with zero attached hydrogens (tertiary/aromatic N) is 1. The second-order valence-corrected chi connectivity index (χ2v) is 11.0. The lowest BCUT2D eigenvalue weighted by atomic mass is 9.83. The van der Waals surface area contributed by atoms with Gasteiger partial charge in [-0.25, -0.2) is 4.79 Å². The van der Waals surface area contributed by atoms with Crippen molar-refractivity contribution in [1.29, 1.82) is 5.26 Å². The van der Waals surface area contributed by atoms with Crippen LogP contribution in [0, 0.1) is 11.3 Å². The first kappa shape index (κ1) is 30.4. The van der Waals surface area contributed by atoms with E-state index in [2.05, 4.69) is 6.07 Å². The van der Waals surface area contributed by atoms with E-state index in [1.807, 2.05) is 13.0 Å². The Morgan fingerprint density at radius 3 is 2.35 bits per heavy atom. The molecule has 4 aromatic rings. The van der Waals surface area contributed by atoms with Gasteiger partial charge in [0.15, 0.2) is 11.5 Å². The number of halogens is 4. The van der Waals surface area contributed by atoms with Crippen molar-refractivity contribution >= 4 is 52.4 Å². The van der Waals surface area contributed by atoms with Gasteiger partial charge >= 0.3 is 5.97 Å². The zero-order valence-corrected chi connectivity index (χ0v) is 25.5. The van der Waals surface area contributed by atoms with E-state index in [0.717, 1.165) is 5.56 Å². The summed E-state index contributed by atoms with van der Waals surface area (Å²) in [5, 5.41) is 11.6. The number of carbonyl (C=O) groups is 1. The molecule has 43 heavy (non-hydrogen) atoms. The van der Waals surface area contributed by atoms with E-state index in [1.54, 1.807) is 48.5 Å². The van der Waals surface area contributed by atoms with E-state index < -0.39 is 11.9 Å². The molecular weight excluding hydrogens is 634 g/mol. The number of ether oxygens (including phenoxy) is 4. The van der Waals surface area contributed by atoms with Crippen LogP contribution in [0.15, 0.2) is 84.3 Å². The van der Waals surface area contributed by atoms with Crippen LogP contribution in [0.3, 0.4) is 0 Å². The van der Waals surface area contributed by atoms with Crippen molar-refractivity contribution in [2.24, 2.45) is 5.73 Å². The van der Waals surface area contributed by atoms with Crippen molar-refractivity contribution in [2.45, 2.75) is 19.4 Å². The van der Waals surface area contributed by atoms with Gasteiger partial charge < -0.3 is 24.7 Å². The number of fused-ring (bicyclic) bond motifs is 1. The van der Waals surface area contributed by atoms with Gasteiger partial charge in [0.2, 0.25) is 5.88 Å². The maximum absolute atomic E-state index is 12.8. The third-order valence-corrected chi connectivity index (χ3v) is 7.69. The van der Waals surface area contributed by atoms with Crippen LogP contribution in [0.2, 0.25) is 20.1 Å². The number of rotatable bonds is 8. The van der Waals surface area contributed by atoms with E-state index in [9.17, 15) is 10.1 Å². The Hall–Kier alpha value is -4.06. The van der Waals surface area contributed by atoms with Gasteiger partial charge in [-0.05, 0) is 61.0 Å². The first-order chi connectivity index (χ1) is 20.7. The highest BCUT2D eigenvalue weighted by molar-refractivity contribution is 6.36. The molecule has 0 amide bonds. The molecule has 1 aliphatic rings. The van der Waals surface area contributed by atoms with E-state index in [1.165, 1.54) is 18.2 Å². The SMILES string of the molecule is CCOc1cc(C2C(C#N)=C(N)Oc3cc(OC(=O)c4ccc(Cl)cc4Cl)ccc32)ccc1OCc1ccc(Cl)cc1Cl. The van der Waals surface area contributed by atoms with Crippen LogP contribution in [0.1, 0.15) is 39.9 Å². The average Bonchev–Trinajstić information content (AvgIpc) is 2.96. The second-order valence-electron chi connectivity index (χ2n) is 9.30. The number of benzene rings is 4. The summed E-state index contributed by atoms with van der Waals surface area (Å²) in [5.74, 6) is 0.142. The maximum Gasteiger partial charge on any atom is 0.345 e. The number of nitriles is 1. The molecule has 0 radical (unpaired) electrons. The number of hydrogen-bond acceptors (Lipinski definition) is 7. The smallest absolute Gasteiger partial charge is 0.345 e. The molecule has 0 saturated carbocycles. The molecule has 1 atom stereocenters. The molecule has 1 heterocycles. The standard InChI is InChI=1S/C32H22Cl4N2O5/c1-2-40-29-11-17(4-10-27(29)41-16-18-3-5-19(33)12-25(18)35)30-23-9-7-21(14-28(23)43-31(38)24(30)15-37)42-32(39)22-8-6-20(34)13-26(22)36/h3-14,30H,2,16,38H2,1H3. The maximum atomic E-state index is 12.8. The quantitative estimate of drug-likeness (QED) is 0.150. The number of allylic oxidation sites excluding steroid dienone is 1. The molecule has 2 N–H and O–H groups in total. The molecule has 0 fully saturated rings. The molecular formula is C32H22Cl4N2O5. The van der Waals surface area contributed by atoms with Crippen LogP contribution in [0.5, 0.6) is 23.0 Å². The predicted octanol–water partition coefficient (Wildman–Crippen LogP) is 8.72. The highest BCUT2D eigenvalue weighted by atomic mass is 35.5. The fourth-order valence-corrected chi connectivity index (χ4v) is 5.49. The van der Waals surface area contributed by atoms with Gasteiger partial charge in [0.05, 0.1) is 23.1 Å². The fourth-order valence-electron chi connectivity index (χ4n) is 4.55. The van der Waals surface area contributed by atoms with Gasteiger partial charge in [0, 0.05) is 32.3 Å². The van der Waals surface area contributed by atoms with E-state index >= 15 is 0 Å². The number of nitrogens with two attached hydrogens (primary N) is 1.